The van der Waals surface area contributed by atoms with Crippen molar-refractivity contribution < 1.29 is 14.3 Å². The predicted molar refractivity (Wildman–Crippen MR) is 101 cm³/mol. The van der Waals surface area contributed by atoms with Crippen molar-refractivity contribution in [1.82, 2.24) is 10.3 Å². The van der Waals surface area contributed by atoms with Crippen molar-refractivity contribution in [2.24, 2.45) is 0 Å². The Morgan fingerprint density at radius 2 is 1.81 bits per heavy atom. The Hall–Kier alpha value is -3.08. The highest BCUT2D eigenvalue weighted by Crippen LogP contribution is 2.18. The van der Waals surface area contributed by atoms with Gasteiger partial charge in [0, 0.05) is 23.6 Å². The molecular weight excluding hydrogens is 328 g/mol. The van der Waals surface area contributed by atoms with Crippen LogP contribution >= 0.6 is 0 Å². The first-order valence-electron chi connectivity index (χ1n) is 8.65. The number of para-hydroxylation sites is 1. The quantitative estimate of drug-likeness (QED) is 0.644. The summed E-state index contributed by atoms with van der Waals surface area (Å²) in [5, 5.41) is 3.77. The lowest BCUT2D eigenvalue weighted by atomic mass is 10.1. The van der Waals surface area contributed by atoms with Crippen LogP contribution in [-0.2, 0) is 27.2 Å². The summed E-state index contributed by atoms with van der Waals surface area (Å²) in [6, 6.07) is 15.8. The third kappa shape index (κ3) is 4.51. The Labute approximate surface area is 152 Å². The number of fused-ring (bicyclic) bond motifs is 1. The second kappa shape index (κ2) is 8.34. The minimum Gasteiger partial charge on any atom is -0.455 e. The summed E-state index contributed by atoms with van der Waals surface area (Å²) in [5.74, 6) is -0.699. The minimum absolute atomic E-state index is 0.139. The molecule has 1 aromatic heterocycles. The number of esters is 1. The topological polar surface area (TPSA) is 71.2 Å². The third-order valence-corrected chi connectivity index (χ3v) is 4.35. The number of amides is 1. The molecule has 0 aliphatic carbocycles. The molecule has 26 heavy (non-hydrogen) atoms. The summed E-state index contributed by atoms with van der Waals surface area (Å²) >= 11 is 0. The van der Waals surface area contributed by atoms with Crippen LogP contribution in [0.15, 0.2) is 54.7 Å². The van der Waals surface area contributed by atoms with E-state index >= 15 is 0 Å². The van der Waals surface area contributed by atoms with Gasteiger partial charge in [0.1, 0.15) is 0 Å². The smallest absolute Gasteiger partial charge is 0.310 e. The molecule has 2 aromatic carbocycles. The number of hydrogen-bond acceptors (Lipinski definition) is 3. The second-order valence-corrected chi connectivity index (χ2v) is 6.22. The Morgan fingerprint density at radius 1 is 1.04 bits per heavy atom. The average Bonchev–Trinajstić information content (AvgIpc) is 3.05. The first kappa shape index (κ1) is 17.7. The van der Waals surface area contributed by atoms with Crippen LogP contribution in [0, 0.1) is 6.92 Å². The number of rotatable bonds is 7. The fourth-order valence-electron chi connectivity index (χ4n) is 2.91. The molecule has 0 bridgehead atoms. The number of hydrogen-bond donors (Lipinski definition) is 2. The number of benzene rings is 2. The number of ether oxygens (including phenoxy) is 1. The van der Waals surface area contributed by atoms with Crippen LogP contribution in [-0.4, -0.2) is 30.0 Å². The van der Waals surface area contributed by atoms with Crippen LogP contribution in [0.2, 0.25) is 0 Å². The van der Waals surface area contributed by atoms with Crippen LogP contribution in [0.25, 0.3) is 10.9 Å². The van der Waals surface area contributed by atoms with Crippen LogP contribution < -0.4 is 5.32 Å². The van der Waals surface area contributed by atoms with Gasteiger partial charge in [-0.05, 0) is 36.1 Å². The van der Waals surface area contributed by atoms with Gasteiger partial charge in [-0.15, -0.1) is 0 Å². The Morgan fingerprint density at radius 3 is 2.65 bits per heavy atom. The lowest BCUT2D eigenvalue weighted by Crippen LogP contribution is -2.30. The third-order valence-electron chi connectivity index (χ3n) is 4.35. The van der Waals surface area contributed by atoms with Crippen LogP contribution in [0.1, 0.15) is 16.7 Å². The summed E-state index contributed by atoms with van der Waals surface area (Å²) in [6.07, 6.45) is 2.69. The molecule has 5 heteroatoms. The van der Waals surface area contributed by atoms with Crippen LogP contribution in [0.4, 0.5) is 0 Å². The van der Waals surface area contributed by atoms with Crippen molar-refractivity contribution in [2.45, 2.75) is 19.8 Å². The molecule has 0 saturated carbocycles. The van der Waals surface area contributed by atoms with Gasteiger partial charge in [-0.25, -0.2) is 0 Å². The van der Waals surface area contributed by atoms with Gasteiger partial charge in [0.2, 0.25) is 0 Å². The van der Waals surface area contributed by atoms with Crippen LogP contribution in [0.3, 0.4) is 0 Å². The zero-order valence-electron chi connectivity index (χ0n) is 14.7. The molecule has 134 valence electrons. The number of H-pyrrole nitrogens is 1. The summed E-state index contributed by atoms with van der Waals surface area (Å²) < 4.78 is 5.09. The van der Waals surface area contributed by atoms with E-state index in [2.05, 4.69) is 10.3 Å². The van der Waals surface area contributed by atoms with E-state index in [1.807, 2.05) is 55.5 Å². The van der Waals surface area contributed by atoms with Gasteiger partial charge in [-0.3, -0.25) is 9.59 Å². The summed E-state index contributed by atoms with van der Waals surface area (Å²) in [5.41, 5.74) is 4.24. The van der Waals surface area contributed by atoms with Gasteiger partial charge < -0.3 is 15.0 Å². The number of aromatic nitrogens is 1. The number of aromatic amines is 1. The molecule has 0 aliphatic heterocycles. The summed E-state index contributed by atoms with van der Waals surface area (Å²) in [6.45, 7) is 2.31. The fourth-order valence-corrected chi connectivity index (χ4v) is 2.91. The molecule has 3 aromatic rings. The normalized spacial score (nSPS) is 10.7. The van der Waals surface area contributed by atoms with Crippen molar-refractivity contribution in [3.8, 4) is 0 Å². The zero-order valence-corrected chi connectivity index (χ0v) is 14.7. The van der Waals surface area contributed by atoms with E-state index in [1.165, 1.54) is 11.1 Å². The molecule has 1 heterocycles. The predicted octanol–water partition coefficient (Wildman–Crippen LogP) is 2.92. The van der Waals surface area contributed by atoms with Crippen molar-refractivity contribution in [1.29, 1.82) is 0 Å². The van der Waals surface area contributed by atoms with Gasteiger partial charge in [-0.2, -0.15) is 0 Å². The number of carbonyl (C=O) groups excluding carboxylic acids is 2. The number of aryl methyl sites for hydroxylation is 1. The van der Waals surface area contributed by atoms with E-state index in [-0.39, 0.29) is 18.9 Å². The highest BCUT2D eigenvalue weighted by Gasteiger charge is 2.11. The monoisotopic (exact) mass is 350 g/mol. The second-order valence-electron chi connectivity index (χ2n) is 6.22. The van der Waals surface area contributed by atoms with E-state index in [4.69, 9.17) is 4.74 Å². The molecule has 1 amide bonds. The Kier molecular flexibility index (Phi) is 5.69. The molecule has 0 saturated heterocycles. The molecule has 0 atom stereocenters. The first-order valence-corrected chi connectivity index (χ1v) is 8.65. The molecule has 0 fully saturated rings. The highest BCUT2D eigenvalue weighted by atomic mass is 16.5. The molecule has 0 unspecified atom stereocenters. The SMILES string of the molecule is Cc1ccccc1CCNC(=O)COC(=O)Cc1c[nH]c2ccccc12. The first-order chi connectivity index (χ1) is 12.6. The standard InChI is InChI=1S/C21H22N2O3/c1-15-6-2-3-7-16(15)10-11-22-20(24)14-26-21(25)12-17-13-23-19-9-5-4-8-18(17)19/h2-9,13,23H,10-12,14H2,1H3,(H,22,24). The average molecular weight is 350 g/mol. The molecule has 2 N–H and O–H groups in total. The van der Waals surface area contributed by atoms with Gasteiger partial charge >= 0.3 is 5.97 Å². The van der Waals surface area contributed by atoms with Gasteiger partial charge in [0.05, 0.1) is 6.42 Å². The van der Waals surface area contributed by atoms with Gasteiger partial charge in [0.15, 0.2) is 6.61 Å². The van der Waals surface area contributed by atoms with Gasteiger partial charge in [0.25, 0.3) is 5.91 Å². The molecule has 0 aliphatic rings. The molecule has 5 nitrogen and oxygen atoms in total. The van der Waals surface area contributed by atoms with E-state index in [0.717, 1.165) is 22.9 Å². The Balaban J connectivity index is 1.41. The highest BCUT2D eigenvalue weighted by molar-refractivity contribution is 5.88. The van der Waals surface area contributed by atoms with Crippen molar-refractivity contribution in [3.63, 3.8) is 0 Å². The number of carbonyl (C=O) groups is 2. The Bertz CT molecular complexity index is 914. The lowest BCUT2D eigenvalue weighted by Gasteiger charge is -2.08. The maximum Gasteiger partial charge on any atom is 0.310 e. The maximum absolute atomic E-state index is 12.0. The summed E-state index contributed by atoms with van der Waals surface area (Å²) in [7, 11) is 0. The van der Waals surface area contributed by atoms with Gasteiger partial charge in [-0.1, -0.05) is 42.5 Å². The number of nitrogens with one attached hydrogen (secondary N) is 2. The van der Waals surface area contributed by atoms with E-state index in [9.17, 15) is 9.59 Å². The molecule has 0 radical (unpaired) electrons. The van der Waals surface area contributed by atoms with Crippen LogP contribution in [0.5, 0.6) is 0 Å². The van der Waals surface area contributed by atoms with Crippen molar-refractivity contribution in [2.75, 3.05) is 13.2 Å². The van der Waals surface area contributed by atoms with Crippen molar-refractivity contribution in [3.05, 3.63) is 71.4 Å². The maximum atomic E-state index is 12.0. The van der Waals surface area contributed by atoms with E-state index < -0.39 is 5.97 Å². The molecule has 0 spiro atoms. The molecule has 3 rings (SSSR count). The largest absolute Gasteiger partial charge is 0.455 e. The lowest BCUT2D eigenvalue weighted by molar-refractivity contribution is -0.147. The zero-order chi connectivity index (χ0) is 18.4. The minimum atomic E-state index is -0.413. The van der Waals surface area contributed by atoms with E-state index in [0.29, 0.717) is 6.54 Å². The van der Waals surface area contributed by atoms with E-state index in [1.54, 1.807) is 6.20 Å². The fraction of sp³-hybridized carbons (Fsp3) is 0.238. The summed E-state index contributed by atoms with van der Waals surface area (Å²) in [4.78, 5) is 26.9. The molecular formula is C21H22N2O3. The van der Waals surface area contributed by atoms with Crippen molar-refractivity contribution >= 4 is 22.8 Å².